The normalized spacial score (nSPS) is 11.5. The fourth-order valence-corrected chi connectivity index (χ4v) is 3.09. The van der Waals surface area contributed by atoms with Crippen LogP contribution in [0.1, 0.15) is 17.5 Å². The van der Waals surface area contributed by atoms with E-state index in [-0.39, 0.29) is 16.6 Å². The minimum atomic E-state index is -3.44. The van der Waals surface area contributed by atoms with E-state index in [2.05, 4.69) is 5.32 Å². The predicted octanol–water partition coefficient (Wildman–Crippen LogP) is 2.33. The lowest BCUT2D eigenvalue weighted by atomic mass is 10.1. The Morgan fingerprint density at radius 2 is 1.56 bits per heavy atom. The van der Waals surface area contributed by atoms with E-state index in [9.17, 15) is 17.6 Å². The number of carbonyl (C=O) groups excluding carboxylic acids is 1. The lowest BCUT2D eigenvalue weighted by Gasteiger charge is -2.11. The fraction of sp³-hybridized carbons (Fsp3) is 0.278. The van der Waals surface area contributed by atoms with Gasteiger partial charge >= 0.3 is 0 Å². The van der Waals surface area contributed by atoms with Crippen LogP contribution in [0.4, 0.5) is 4.39 Å². The van der Waals surface area contributed by atoms with Crippen LogP contribution in [0.2, 0.25) is 0 Å². The highest BCUT2D eigenvalue weighted by atomic mass is 32.2. The van der Waals surface area contributed by atoms with Crippen molar-refractivity contribution in [2.45, 2.75) is 24.3 Å². The van der Waals surface area contributed by atoms with Crippen molar-refractivity contribution in [2.24, 2.45) is 0 Å². The summed E-state index contributed by atoms with van der Waals surface area (Å²) < 4.78 is 37.9. The Bertz CT molecular complexity index is 816. The van der Waals surface area contributed by atoms with E-state index >= 15 is 0 Å². The lowest BCUT2D eigenvalue weighted by Crippen LogP contribution is -2.23. The van der Waals surface area contributed by atoms with Gasteiger partial charge in [-0.3, -0.25) is 4.79 Å². The Hall–Kier alpha value is -2.25. The molecule has 2 aromatic rings. The maximum absolute atomic E-state index is 12.8. The molecule has 0 spiro atoms. The molecule has 0 bridgehead atoms. The van der Waals surface area contributed by atoms with Crippen molar-refractivity contribution in [1.82, 2.24) is 9.62 Å². The van der Waals surface area contributed by atoms with Crippen molar-refractivity contribution in [1.29, 1.82) is 0 Å². The average Bonchev–Trinajstić information content (AvgIpc) is 2.59. The SMILES string of the molecule is CN(C)S(=O)(=O)c1ccc(CCC(=O)NCc2ccc(F)cc2)cc1. The molecule has 1 N–H and O–H groups in total. The number of hydrogen-bond acceptors (Lipinski definition) is 3. The summed E-state index contributed by atoms with van der Waals surface area (Å²) in [5.74, 6) is -0.427. The molecule has 0 aliphatic rings. The van der Waals surface area contributed by atoms with Crippen LogP contribution in [-0.4, -0.2) is 32.7 Å². The number of carbonyl (C=O) groups is 1. The summed E-state index contributed by atoms with van der Waals surface area (Å²) in [7, 11) is -0.478. The second-order valence-corrected chi connectivity index (χ2v) is 7.99. The third-order valence-electron chi connectivity index (χ3n) is 3.75. The van der Waals surface area contributed by atoms with Crippen LogP contribution in [0.25, 0.3) is 0 Å². The number of nitrogens with zero attached hydrogens (tertiary/aromatic N) is 1. The molecule has 0 saturated carbocycles. The van der Waals surface area contributed by atoms with Gasteiger partial charge in [0.15, 0.2) is 0 Å². The number of nitrogens with one attached hydrogen (secondary N) is 1. The number of rotatable bonds is 7. The molecule has 0 radical (unpaired) electrons. The van der Waals surface area contributed by atoms with Gasteiger partial charge in [-0.25, -0.2) is 17.1 Å². The highest BCUT2D eigenvalue weighted by Gasteiger charge is 2.16. The summed E-state index contributed by atoms with van der Waals surface area (Å²) in [6.07, 6.45) is 0.804. The second kappa shape index (κ2) is 8.22. The van der Waals surface area contributed by atoms with Gasteiger partial charge in [0.25, 0.3) is 0 Å². The molecule has 0 aliphatic heterocycles. The first-order valence-electron chi connectivity index (χ1n) is 7.81. The first kappa shape index (κ1) is 19.1. The van der Waals surface area contributed by atoms with Crippen molar-refractivity contribution >= 4 is 15.9 Å². The molecular weight excluding hydrogens is 343 g/mol. The Morgan fingerprint density at radius 3 is 2.12 bits per heavy atom. The third kappa shape index (κ3) is 5.37. The standard InChI is InChI=1S/C18H21FN2O3S/c1-21(2)25(23,24)17-10-5-14(6-11-17)7-12-18(22)20-13-15-3-8-16(19)9-4-15/h3-6,8-11H,7,12-13H2,1-2H3,(H,20,22). The summed E-state index contributed by atoms with van der Waals surface area (Å²) in [4.78, 5) is 12.1. The second-order valence-electron chi connectivity index (χ2n) is 5.83. The molecule has 0 saturated heterocycles. The molecule has 5 nitrogen and oxygen atoms in total. The molecule has 7 heteroatoms. The smallest absolute Gasteiger partial charge is 0.242 e. The molecule has 0 heterocycles. The molecule has 0 fully saturated rings. The zero-order valence-corrected chi connectivity index (χ0v) is 15.0. The van der Waals surface area contributed by atoms with Crippen LogP contribution in [0.3, 0.4) is 0 Å². The summed E-state index contributed by atoms with van der Waals surface area (Å²) in [5.41, 5.74) is 1.71. The van der Waals surface area contributed by atoms with E-state index in [0.29, 0.717) is 19.4 Å². The first-order valence-corrected chi connectivity index (χ1v) is 9.25. The maximum Gasteiger partial charge on any atom is 0.242 e. The van der Waals surface area contributed by atoms with E-state index in [0.717, 1.165) is 15.4 Å². The van der Waals surface area contributed by atoms with Gasteiger partial charge in [0.2, 0.25) is 15.9 Å². The van der Waals surface area contributed by atoms with Crippen LogP contribution in [0, 0.1) is 5.82 Å². The van der Waals surface area contributed by atoms with Gasteiger partial charge in [-0.1, -0.05) is 24.3 Å². The van der Waals surface area contributed by atoms with Gasteiger partial charge in [0.05, 0.1) is 4.90 Å². The lowest BCUT2D eigenvalue weighted by molar-refractivity contribution is -0.121. The Morgan fingerprint density at radius 1 is 1.00 bits per heavy atom. The molecule has 134 valence electrons. The van der Waals surface area contributed by atoms with E-state index in [1.54, 1.807) is 36.4 Å². The molecule has 0 aromatic heterocycles. The zero-order valence-electron chi connectivity index (χ0n) is 14.2. The number of hydrogen-bond donors (Lipinski definition) is 1. The van der Waals surface area contributed by atoms with Crippen LogP contribution < -0.4 is 5.32 Å². The van der Waals surface area contributed by atoms with Crippen molar-refractivity contribution in [3.05, 3.63) is 65.5 Å². The van der Waals surface area contributed by atoms with Crippen molar-refractivity contribution in [2.75, 3.05) is 14.1 Å². The quantitative estimate of drug-likeness (QED) is 0.820. The van der Waals surface area contributed by atoms with Crippen LogP contribution in [0.15, 0.2) is 53.4 Å². The van der Waals surface area contributed by atoms with Crippen LogP contribution >= 0.6 is 0 Å². The first-order chi connectivity index (χ1) is 11.8. The minimum Gasteiger partial charge on any atom is -0.352 e. The number of aryl methyl sites for hydroxylation is 1. The van der Waals surface area contributed by atoms with Gasteiger partial charge in [-0.15, -0.1) is 0 Å². The van der Waals surface area contributed by atoms with E-state index in [1.807, 2.05) is 0 Å². The average molecular weight is 364 g/mol. The van der Waals surface area contributed by atoms with Crippen molar-refractivity contribution in [3.8, 4) is 0 Å². The summed E-state index contributed by atoms with van der Waals surface area (Å²) in [6.45, 7) is 0.346. The number of sulfonamides is 1. The van der Waals surface area contributed by atoms with Gasteiger partial charge in [0, 0.05) is 27.1 Å². The van der Waals surface area contributed by atoms with Crippen molar-refractivity contribution in [3.63, 3.8) is 0 Å². The Kier molecular flexibility index (Phi) is 6.27. The van der Waals surface area contributed by atoms with E-state index < -0.39 is 10.0 Å². The maximum atomic E-state index is 12.8. The molecule has 1 amide bonds. The van der Waals surface area contributed by atoms with Crippen molar-refractivity contribution < 1.29 is 17.6 Å². The Balaban J connectivity index is 1.84. The molecule has 0 unspecified atom stereocenters. The summed E-state index contributed by atoms with van der Waals surface area (Å²) >= 11 is 0. The van der Waals surface area contributed by atoms with Crippen LogP contribution in [-0.2, 0) is 27.8 Å². The molecule has 2 rings (SSSR count). The largest absolute Gasteiger partial charge is 0.352 e. The summed E-state index contributed by atoms with van der Waals surface area (Å²) in [5, 5.41) is 2.78. The molecule has 0 aliphatic carbocycles. The highest BCUT2D eigenvalue weighted by molar-refractivity contribution is 7.89. The van der Waals surface area contributed by atoms with E-state index in [1.165, 1.54) is 26.2 Å². The monoisotopic (exact) mass is 364 g/mol. The summed E-state index contributed by atoms with van der Waals surface area (Å²) in [6, 6.07) is 12.5. The molecule has 2 aromatic carbocycles. The minimum absolute atomic E-state index is 0.116. The van der Waals surface area contributed by atoms with Gasteiger partial charge < -0.3 is 5.32 Å². The third-order valence-corrected chi connectivity index (χ3v) is 5.57. The zero-order chi connectivity index (χ0) is 18.4. The van der Waals surface area contributed by atoms with Gasteiger partial charge in [-0.05, 0) is 41.8 Å². The number of amides is 1. The fourth-order valence-electron chi connectivity index (χ4n) is 2.19. The topological polar surface area (TPSA) is 66.5 Å². The van der Waals surface area contributed by atoms with Gasteiger partial charge in [0.1, 0.15) is 5.82 Å². The van der Waals surface area contributed by atoms with Crippen LogP contribution in [0.5, 0.6) is 0 Å². The number of halogens is 1. The Labute approximate surface area is 147 Å². The molecule has 0 atom stereocenters. The molecule has 25 heavy (non-hydrogen) atoms. The predicted molar refractivity (Wildman–Crippen MR) is 93.9 cm³/mol. The highest BCUT2D eigenvalue weighted by Crippen LogP contribution is 2.14. The number of benzene rings is 2. The van der Waals surface area contributed by atoms with Gasteiger partial charge in [-0.2, -0.15) is 0 Å². The molecular formula is C18H21FN2O3S. The van der Waals surface area contributed by atoms with E-state index in [4.69, 9.17) is 0 Å².